The summed E-state index contributed by atoms with van der Waals surface area (Å²) in [6.07, 6.45) is 3.30. The van der Waals surface area contributed by atoms with E-state index < -0.39 is 0 Å². The Labute approximate surface area is 236 Å². The minimum absolute atomic E-state index is 0.0614. The van der Waals surface area contributed by atoms with Crippen molar-refractivity contribution in [1.29, 1.82) is 0 Å². The third-order valence-electron chi connectivity index (χ3n) is 9.68. The molecule has 1 spiro atoms. The second-order valence-electron chi connectivity index (χ2n) is 11.5. The Morgan fingerprint density at radius 3 is 2.40 bits per heavy atom. The Morgan fingerprint density at radius 1 is 0.643 bits per heavy atom. The molecule has 6 heteroatoms. The van der Waals surface area contributed by atoms with E-state index in [1.807, 2.05) is 6.07 Å². The van der Waals surface area contributed by atoms with Crippen molar-refractivity contribution in [2.45, 2.75) is 0 Å². The van der Waals surface area contributed by atoms with Crippen LogP contribution in [-0.2, 0) is 0 Å². The van der Waals surface area contributed by atoms with Gasteiger partial charge in [0.2, 0.25) is 5.82 Å². The lowest BCUT2D eigenvalue weighted by Crippen LogP contribution is -2.50. The highest BCUT2D eigenvalue weighted by molar-refractivity contribution is 6.34. The molecule has 11 rings (SSSR count). The number of hydrogen-bond acceptors (Lipinski definition) is 5. The highest BCUT2D eigenvalue weighted by Crippen LogP contribution is 2.58. The smallest absolute Gasteiger partial charge is 0.253 e. The number of benzene rings is 5. The quantitative estimate of drug-likeness (QED) is 0.242. The van der Waals surface area contributed by atoms with Crippen LogP contribution in [0, 0.1) is 10.4 Å². The summed E-state index contributed by atoms with van der Waals surface area (Å²) in [7, 11) is 0. The molecule has 1 N–H and O–H groups in total. The van der Waals surface area contributed by atoms with Crippen molar-refractivity contribution < 1.29 is 0 Å². The average molecular weight is 538 g/mol. The number of amidine groups is 1. The van der Waals surface area contributed by atoms with E-state index in [0.29, 0.717) is 20.6 Å². The maximum absolute atomic E-state index is 13.8. The SMILES string of the molecule is O=c1cc2c3c(c(=O)cc4cncc1c4=3)c1ccc3c4c(ccc2c41)=C1Nc2ccccc2[N+]12C3=Nc1ccccc12. The minimum atomic E-state index is -0.0855. The zero-order chi connectivity index (χ0) is 27.5. The first kappa shape index (κ1) is 21.1. The van der Waals surface area contributed by atoms with Crippen molar-refractivity contribution >= 4 is 77.5 Å². The topological polar surface area (TPSA) is 71.4 Å². The number of aliphatic imine (C=N–C) groups is 1. The Balaban J connectivity index is 1.45. The predicted molar refractivity (Wildman–Crippen MR) is 167 cm³/mol. The molecule has 6 aromatic rings. The van der Waals surface area contributed by atoms with Gasteiger partial charge in [0.05, 0.1) is 10.8 Å². The van der Waals surface area contributed by atoms with Crippen LogP contribution in [0.4, 0.5) is 22.7 Å². The van der Waals surface area contributed by atoms with Gasteiger partial charge in [-0.05, 0) is 57.9 Å². The van der Waals surface area contributed by atoms with Crippen LogP contribution in [-0.4, -0.2) is 10.8 Å². The molecule has 4 heterocycles. The van der Waals surface area contributed by atoms with Crippen molar-refractivity contribution in [3.63, 3.8) is 0 Å². The normalized spacial score (nSPS) is 18.1. The van der Waals surface area contributed by atoms with Crippen molar-refractivity contribution in [2.75, 3.05) is 5.32 Å². The standard InChI is InChI=1S/C36H16N4O2/c41-28-14-22-18-9-11-20-32-21(12-10-19(31(18)32)33-29(42)13-17-15-37-16-23(28)30(17)34(22)33)36-39-25-6-2-4-8-27(25)40(36)26-7-3-1-5-24(26)38-35(20)40/h1-16H/p+1. The zero-order valence-electron chi connectivity index (χ0n) is 21.9. The van der Waals surface area contributed by atoms with Gasteiger partial charge in [-0.15, -0.1) is 0 Å². The van der Waals surface area contributed by atoms with Gasteiger partial charge in [0.25, 0.3) is 5.84 Å². The fourth-order valence-corrected chi connectivity index (χ4v) is 8.16. The number of nitrogens with one attached hydrogen (secondary N) is 1. The summed E-state index contributed by atoms with van der Waals surface area (Å²) >= 11 is 0. The molecule has 1 unspecified atom stereocenters. The average Bonchev–Trinajstić information content (AvgIpc) is 3.55. The minimum Gasteiger partial charge on any atom is -0.304 e. The Morgan fingerprint density at radius 2 is 1.48 bits per heavy atom. The summed E-state index contributed by atoms with van der Waals surface area (Å²) in [6.45, 7) is 0. The summed E-state index contributed by atoms with van der Waals surface area (Å²) in [4.78, 5) is 36.8. The Bertz CT molecular complexity index is 2880. The Kier molecular flexibility index (Phi) is 3.31. The van der Waals surface area contributed by atoms with Crippen LogP contribution in [0.2, 0.25) is 0 Å². The summed E-state index contributed by atoms with van der Waals surface area (Å²) in [5.74, 6) is 1.97. The zero-order valence-corrected chi connectivity index (χ0v) is 21.9. The van der Waals surface area contributed by atoms with Crippen molar-refractivity contribution in [3.8, 4) is 0 Å². The first-order valence-corrected chi connectivity index (χ1v) is 14.0. The first-order valence-electron chi connectivity index (χ1n) is 14.0. The van der Waals surface area contributed by atoms with Crippen LogP contribution >= 0.6 is 0 Å². The number of pyridine rings is 1. The molecule has 0 saturated carbocycles. The third-order valence-corrected chi connectivity index (χ3v) is 9.68. The highest BCUT2D eigenvalue weighted by atomic mass is 16.1. The molecule has 5 aromatic carbocycles. The number of para-hydroxylation sites is 4. The summed E-state index contributed by atoms with van der Waals surface area (Å²) < 4.78 is 0.402. The van der Waals surface area contributed by atoms with E-state index in [9.17, 15) is 9.59 Å². The third kappa shape index (κ3) is 2.04. The van der Waals surface area contributed by atoms with Crippen LogP contribution in [0.1, 0.15) is 5.56 Å². The van der Waals surface area contributed by atoms with E-state index in [0.717, 1.165) is 82.6 Å². The first-order chi connectivity index (χ1) is 20.7. The molecule has 0 bridgehead atoms. The molecule has 2 aliphatic carbocycles. The van der Waals surface area contributed by atoms with E-state index in [-0.39, 0.29) is 10.9 Å². The van der Waals surface area contributed by atoms with Crippen molar-refractivity contribution in [2.24, 2.45) is 4.99 Å². The maximum atomic E-state index is 13.8. The van der Waals surface area contributed by atoms with Crippen LogP contribution < -0.4 is 25.9 Å². The largest absolute Gasteiger partial charge is 0.304 e. The number of fused-ring (bicyclic) bond motifs is 5. The van der Waals surface area contributed by atoms with Gasteiger partial charge in [0.1, 0.15) is 11.4 Å². The monoisotopic (exact) mass is 537 g/mol. The van der Waals surface area contributed by atoms with Crippen LogP contribution in [0.15, 0.2) is 112 Å². The van der Waals surface area contributed by atoms with E-state index in [4.69, 9.17) is 4.99 Å². The van der Waals surface area contributed by atoms with Gasteiger partial charge < -0.3 is 5.32 Å². The molecular formula is C36H17N4O2+. The molecule has 42 heavy (non-hydrogen) atoms. The van der Waals surface area contributed by atoms with E-state index >= 15 is 0 Å². The molecule has 1 aromatic heterocycles. The van der Waals surface area contributed by atoms with Crippen molar-refractivity contribution in [3.05, 3.63) is 139 Å². The fraction of sp³-hybridized carbons (Fsp3) is 0. The molecule has 5 aliphatic rings. The second kappa shape index (κ2) is 6.60. The molecular weight excluding hydrogens is 520 g/mol. The molecule has 0 radical (unpaired) electrons. The van der Waals surface area contributed by atoms with Crippen molar-refractivity contribution in [1.82, 2.24) is 9.47 Å². The lowest BCUT2D eigenvalue weighted by molar-refractivity contribution is 0.792. The van der Waals surface area contributed by atoms with Crippen LogP contribution in [0.5, 0.6) is 0 Å². The fourth-order valence-electron chi connectivity index (χ4n) is 8.16. The molecule has 0 fully saturated rings. The molecule has 192 valence electrons. The molecule has 0 amide bonds. The van der Waals surface area contributed by atoms with Crippen LogP contribution in [0.3, 0.4) is 0 Å². The number of quaternary nitrogens is 1. The van der Waals surface area contributed by atoms with Gasteiger partial charge in [-0.3, -0.25) is 14.6 Å². The summed E-state index contributed by atoms with van der Waals surface area (Å²) in [5.41, 5.74) is 5.13. The van der Waals surface area contributed by atoms with Gasteiger partial charge in [-0.25, -0.2) is 0 Å². The second-order valence-corrected chi connectivity index (χ2v) is 11.5. The Hall–Kier alpha value is -5.72. The maximum Gasteiger partial charge on any atom is 0.253 e. The summed E-state index contributed by atoms with van der Waals surface area (Å²) in [6, 6.07) is 28.6. The number of rotatable bonds is 0. The summed E-state index contributed by atoms with van der Waals surface area (Å²) in [5, 5.41) is 13.1. The number of anilines is 1. The van der Waals surface area contributed by atoms with E-state index in [1.54, 1.807) is 24.5 Å². The lowest BCUT2D eigenvalue weighted by Gasteiger charge is -2.33. The highest BCUT2D eigenvalue weighted by Gasteiger charge is 2.57. The van der Waals surface area contributed by atoms with Gasteiger partial charge in [0.15, 0.2) is 22.2 Å². The van der Waals surface area contributed by atoms with E-state index in [1.165, 1.54) is 0 Å². The number of aromatic nitrogens is 1. The molecule has 1 atom stereocenters. The van der Waals surface area contributed by atoms with Gasteiger partial charge in [-0.1, -0.05) is 36.4 Å². The number of nitrogens with zero attached hydrogens (tertiary/aromatic N) is 3. The molecule has 6 nitrogen and oxygen atoms in total. The van der Waals surface area contributed by atoms with Crippen LogP contribution in [0.25, 0.3) is 48.9 Å². The van der Waals surface area contributed by atoms with Gasteiger partial charge in [-0.2, -0.15) is 9.48 Å². The number of hydrogen-bond donors (Lipinski definition) is 1. The molecule has 3 aliphatic heterocycles. The lowest BCUT2D eigenvalue weighted by atomic mass is 9.86. The van der Waals surface area contributed by atoms with Gasteiger partial charge >= 0.3 is 0 Å². The predicted octanol–water partition coefficient (Wildman–Crippen LogP) is 5.97. The van der Waals surface area contributed by atoms with Gasteiger partial charge in [0, 0.05) is 56.5 Å². The van der Waals surface area contributed by atoms with E-state index in [2.05, 4.69) is 77.0 Å². The molecule has 0 saturated heterocycles.